The molecular formula is C14H13N3. The van der Waals surface area contributed by atoms with Gasteiger partial charge >= 0.3 is 0 Å². The predicted molar refractivity (Wildman–Crippen MR) is 69.9 cm³/mol. The molecule has 0 aliphatic rings. The molecule has 0 amide bonds. The number of aromatic amines is 1. The average Bonchev–Trinajstić information content (AvgIpc) is 2.85. The summed E-state index contributed by atoms with van der Waals surface area (Å²) in [5.74, 6) is 0. The molecule has 0 atom stereocenters. The summed E-state index contributed by atoms with van der Waals surface area (Å²) >= 11 is 0. The van der Waals surface area contributed by atoms with Crippen LogP contribution >= 0.6 is 0 Å². The number of rotatable bonds is 3. The van der Waals surface area contributed by atoms with Crippen LogP contribution in [0.5, 0.6) is 0 Å². The van der Waals surface area contributed by atoms with Crippen molar-refractivity contribution in [1.29, 1.82) is 0 Å². The van der Waals surface area contributed by atoms with Crippen molar-refractivity contribution >= 4 is 16.6 Å². The minimum atomic E-state index is 0.795. The van der Waals surface area contributed by atoms with E-state index in [0.717, 1.165) is 17.7 Å². The summed E-state index contributed by atoms with van der Waals surface area (Å²) in [6.45, 7) is 0.795. The molecule has 0 aliphatic heterocycles. The summed E-state index contributed by atoms with van der Waals surface area (Å²) in [5.41, 5.74) is 3.47. The van der Waals surface area contributed by atoms with Gasteiger partial charge in [-0.3, -0.25) is 4.98 Å². The van der Waals surface area contributed by atoms with Crippen molar-refractivity contribution in [3.8, 4) is 0 Å². The maximum Gasteiger partial charge on any atom is 0.0455 e. The lowest BCUT2D eigenvalue weighted by molar-refractivity contribution is 1.11. The zero-order valence-corrected chi connectivity index (χ0v) is 9.35. The van der Waals surface area contributed by atoms with E-state index in [1.807, 2.05) is 18.5 Å². The fraction of sp³-hybridized carbons (Fsp3) is 0.0714. The largest absolute Gasteiger partial charge is 0.381 e. The molecular weight excluding hydrogens is 210 g/mol. The van der Waals surface area contributed by atoms with Crippen molar-refractivity contribution in [3.05, 3.63) is 60.6 Å². The predicted octanol–water partition coefficient (Wildman–Crippen LogP) is 3.18. The first-order valence-electron chi connectivity index (χ1n) is 5.62. The number of pyridine rings is 1. The van der Waals surface area contributed by atoms with Crippen LogP contribution in [-0.2, 0) is 6.54 Å². The fourth-order valence-corrected chi connectivity index (χ4v) is 1.87. The quantitative estimate of drug-likeness (QED) is 0.716. The minimum absolute atomic E-state index is 0.795. The number of benzene rings is 1. The highest BCUT2D eigenvalue weighted by molar-refractivity contribution is 5.82. The molecule has 0 unspecified atom stereocenters. The molecule has 0 fully saturated rings. The van der Waals surface area contributed by atoms with E-state index in [4.69, 9.17) is 0 Å². The Labute approximate surface area is 99.5 Å². The van der Waals surface area contributed by atoms with Gasteiger partial charge in [-0.25, -0.2) is 0 Å². The summed E-state index contributed by atoms with van der Waals surface area (Å²) in [6, 6.07) is 12.4. The lowest BCUT2D eigenvalue weighted by atomic mass is 10.2. The normalized spacial score (nSPS) is 10.6. The number of hydrogen-bond acceptors (Lipinski definition) is 2. The van der Waals surface area contributed by atoms with E-state index in [0.29, 0.717) is 0 Å². The van der Waals surface area contributed by atoms with Crippen molar-refractivity contribution in [2.45, 2.75) is 6.54 Å². The molecule has 17 heavy (non-hydrogen) atoms. The van der Waals surface area contributed by atoms with Gasteiger partial charge in [-0.1, -0.05) is 6.07 Å². The molecule has 0 spiro atoms. The van der Waals surface area contributed by atoms with Gasteiger partial charge in [0.15, 0.2) is 0 Å². The van der Waals surface area contributed by atoms with Crippen LogP contribution < -0.4 is 5.32 Å². The Bertz CT molecular complexity index is 613. The van der Waals surface area contributed by atoms with Crippen LogP contribution in [0.2, 0.25) is 0 Å². The first kappa shape index (κ1) is 9.90. The molecule has 0 bridgehead atoms. The number of fused-ring (bicyclic) bond motifs is 1. The molecule has 0 radical (unpaired) electrons. The van der Waals surface area contributed by atoms with Crippen LogP contribution in [0, 0.1) is 0 Å². The van der Waals surface area contributed by atoms with Crippen LogP contribution in [0.4, 0.5) is 5.69 Å². The number of nitrogens with one attached hydrogen (secondary N) is 2. The first-order chi connectivity index (χ1) is 8.42. The Kier molecular flexibility index (Phi) is 2.50. The highest BCUT2D eigenvalue weighted by Gasteiger charge is 1.97. The van der Waals surface area contributed by atoms with Crippen LogP contribution in [-0.4, -0.2) is 9.97 Å². The second-order valence-electron chi connectivity index (χ2n) is 3.99. The third-order valence-corrected chi connectivity index (χ3v) is 2.77. The van der Waals surface area contributed by atoms with Gasteiger partial charge in [-0.15, -0.1) is 0 Å². The summed E-state index contributed by atoms with van der Waals surface area (Å²) in [4.78, 5) is 7.28. The molecule has 3 aromatic rings. The van der Waals surface area contributed by atoms with Crippen molar-refractivity contribution in [2.75, 3.05) is 5.32 Å². The summed E-state index contributed by atoms with van der Waals surface area (Å²) in [5, 5.41) is 4.61. The topological polar surface area (TPSA) is 40.7 Å². The van der Waals surface area contributed by atoms with Gasteiger partial charge in [-0.05, 0) is 35.9 Å². The number of aromatic nitrogens is 2. The van der Waals surface area contributed by atoms with E-state index < -0.39 is 0 Å². The standard InChI is InChI=1S/C14H13N3/c1-2-11(9-15-6-1)10-17-13-3-4-14-12(8-13)5-7-16-14/h1-9,16-17H,10H2. The molecule has 0 saturated carbocycles. The minimum Gasteiger partial charge on any atom is -0.381 e. The molecule has 2 aromatic heterocycles. The summed E-state index contributed by atoms with van der Waals surface area (Å²) < 4.78 is 0. The van der Waals surface area contributed by atoms with Crippen LogP contribution in [0.15, 0.2) is 55.0 Å². The molecule has 3 nitrogen and oxygen atoms in total. The van der Waals surface area contributed by atoms with Crippen LogP contribution in [0.3, 0.4) is 0 Å². The maximum atomic E-state index is 4.09. The van der Waals surface area contributed by atoms with Gasteiger partial charge in [0, 0.05) is 41.7 Å². The van der Waals surface area contributed by atoms with Gasteiger partial charge in [0.05, 0.1) is 0 Å². The molecule has 0 saturated heterocycles. The van der Waals surface area contributed by atoms with Crippen molar-refractivity contribution in [1.82, 2.24) is 9.97 Å². The number of anilines is 1. The lowest BCUT2D eigenvalue weighted by Gasteiger charge is -2.06. The average molecular weight is 223 g/mol. The number of hydrogen-bond donors (Lipinski definition) is 2. The van der Waals surface area contributed by atoms with Gasteiger partial charge in [-0.2, -0.15) is 0 Å². The SMILES string of the molecule is c1cncc(CNc2ccc3[nH]ccc3c2)c1. The Morgan fingerprint density at radius 1 is 1.18 bits per heavy atom. The van der Waals surface area contributed by atoms with Gasteiger partial charge in [0.25, 0.3) is 0 Å². The molecule has 2 heterocycles. The lowest BCUT2D eigenvalue weighted by Crippen LogP contribution is -1.99. The fourth-order valence-electron chi connectivity index (χ4n) is 1.87. The third kappa shape index (κ3) is 2.13. The zero-order valence-electron chi connectivity index (χ0n) is 9.35. The molecule has 1 aromatic carbocycles. The van der Waals surface area contributed by atoms with E-state index in [1.54, 1.807) is 6.20 Å². The second kappa shape index (κ2) is 4.29. The molecule has 2 N–H and O–H groups in total. The van der Waals surface area contributed by atoms with Crippen molar-refractivity contribution in [2.24, 2.45) is 0 Å². The highest BCUT2D eigenvalue weighted by atomic mass is 14.9. The van der Waals surface area contributed by atoms with E-state index in [-0.39, 0.29) is 0 Å². The van der Waals surface area contributed by atoms with E-state index in [9.17, 15) is 0 Å². The molecule has 84 valence electrons. The van der Waals surface area contributed by atoms with Gasteiger partial charge < -0.3 is 10.3 Å². The summed E-state index contributed by atoms with van der Waals surface area (Å²) in [6.07, 6.45) is 5.62. The monoisotopic (exact) mass is 223 g/mol. The van der Waals surface area contributed by atoms with E-state index in [1.165, 1.54) is 10.9 Å². The molecule has 3 rings (SSSR count). The van der Waals surface area contributed by atoms with Gasteiger partial charge in [0.2, 0.25) is 0 Å². The van der Waals surface area contributed by atoms with Crippen molar-refractivity contribution in [3.63, 3.8) is 0 Å². The highest BCUT2D eigenvalue weighted by Crippen LogP contribution is 2.18. The van der Waals surface area contributed by atoms with E-state index in [2.05, 4.69) is 45.6 Å². The smallest absolute Gasteiger partial charge is 0.0455 e. The Morgan fingerprint density at radius 3 is 3.06 bits per heavy atom. The van der Waals surface area contributed by atoms with Crippen LogP contribution in [0.1, 0.15) is 5.56 Å². The van der Waals surface area contributed by atoms with E-state index >= 15 is 0 Å². The Morgan fingerprint density at radius 2 is 2.18 bits per heavy atom. The Hall–Kier alpha value is -2.29. The Balaban J connectivity index is 1.76. The number of H-pyrrole nitrogens is 1. The molecule has 3 heteroatoms. The van der Waals surface area contributed by atoms with Crippen LogP contribution in [0.25, 0.3) is 10.9 Å². The third-order valence-electron chi connectivity index (χ3n) is 2.77. The maximum absolute atomic E-state index is 4.09. The summed E-state index contributed by atoms with van der Waals surface area (Å²) in [7, 11) is 0. The van der Waals surface area contributed by atoms with Crippen molar-refractivity contribution < 1.29 is 0 Å². The molecule has 0 aliphatic carbocycles. The first-order valence-corrected chi connectivity index (χ1v) is 5.62. The second-order valence-corrected chi connectivity index (χ2v) is 3.99. The number of nitrogens with zero attached hydrogens (tertiary/aromatic N) is 1. The zero-order chi connectivity index (χ0) is 11.5. The van der Waals surface area contributed by atoms with Gasteiger partial charge in [0.1, 0.15) is 0 Å².